The van der Waals surface area contributed by atoms with Crippen LogP contribution in [-0.2, 0) is 6.61 Å². The summed E-state index contributed by atoms with van der Waals surface area (Å²) < 4.78 is 6.64. The summed E-state index contributed by atoms with van der Waals surface area (Å²) in [7, 11) is 0. The van der Waals surface area contributed by atoms with Crippen molar-refractivity contribution in [3.63, 3.8) is 0 Å². The second-order valence-electron chi connectivity index (χ2n) is 4.92. The Bertz CT molecular complexity index is 949. The van der Waals surface area contributed by atoms with E-state index < -0.39 is 11.4 Å². The highest BCUT2D eigenvalue weighted by molar-refractivity contribution is 9.10. The first-order chi connectivity index (χ1) is 11.1. The van der Waals surface area contributed by atoms with Gasteiger partial charge in [-0.05, 0) is 24.3 Å². The molecule has 0 spiro atoms. The highest BCUT2D eigenvalue weighted by Crippen LogP contribution is 2.21. The number of hydrogen-bond acceptors (Lipinski definition) is 3. The fourth-order valence-electron chi connectivity index (χ4n) is 2.22. The summed E-state index contributed by atoms with van der Waals surface area (Å²) in [5.74, 6) is -0.756. The first-order valence-corrected chi connectivity index (χ1v) is 7.60. The van der Waals surface area contributed by atoms with Crippen LogP contribution in [0.3, 0.4) is 0 Å². The summed E-state index contributed by atoms with van der Waals surface area (Å²) in [6.07, 6.45) is 1.20. The van der Waals surface area contributed by atoms with Gasteiger partial charge >= 0.3 is 5.97 Å². The molecule has 0 aliphatic heterocycles. The second-order valence-corrected chi connectivity index (χ2v) is 5.78. The normalized spacial score (nSPS) is 10.7. The van der Waals surface area contributed by atoms with Gasteiger partial charge in [-0.15, -0.1) is 0 Å². The number of fused-ring (bicyclic) bond motifs is 1. The van der Waals surface area contributed by atoms with Crippen molar-refractivity contribution in [2.24, 2.45) is 0 Å². The number of carbonyl (C=O) groups is 1. The standard InChI is InChI=1S/C17H12BrNO4/c18-14-4-2-1-3-10(14)9-23-11-5-6-15-12(7-11)16(20)13(8-19-15)17(21)22/h1-8H,9H2,(H,19,20)(H,21,22). The van der Waals surface area contributed by atoms with Gasteiger partial charge in [0.15, 0.2) is 0 Å². The molecule has 2 N–H and O–H groups in total. The van der Waals surface area contributed by atoms with Crippen LogP contribution in [0.25, 0.3) is 10.9 Å². The molecule has 0 amide bonds. The molecule has 3 aromatic rings. The third kappa shape index (κ3) is 3.12. The number of carboxylic acid groups (broad SMARTS) is 1. The number of aromatic carboxylic acids is 1. The summed E-state index contributed by atoms with van der Waals surface area (Å²) in [6, 6.07) is 12.7. The van der Waals surface area contributed by atoms with E-state index in [4.69, 9.17) is 9.84 Å². The van der Waals surface area contributed by atoms with Gasteiger partial charge in [0, 0.05) is 21.7 Å². The molecule has 0 bridgehead atoms. The minimum atomic E-state index is -1.26. The lowest BCUT2D eigenvalue weighted by Crippen LogP contribution is -2.15. The lowest BCUT2D eigenvalue weighted by molar-refractivity contribution is 0.0695. The van der Waals surface area contributed by atoms with Crippen LogP contribution >= 0.6 is 15.9 Å². The van der Waals surface area contributed by atoms with E-state index >= 15 is 0 Å². The average Bonchev–Trinajstić information content (AvgIpc) is 2.54. The predicted molar refractivity (Wildman–Crippen MR) is 90.0 cm³/mol. The van der Waals surface area contributed by atoms with Crippen molar-refractivity contribution < 1.29 is 14.6 Å². The predicted octanol–water partition coefficient (Wildman–Crippen LogP) is 3.57. The molecule has 116 valence electrons. The number of pyridine rings is 1. The van der Waals surface area contributed by atoms with Gasteiger partial charge in [-0.2, -0.15) is 0 Å². The maximum absolute atomic E-state index is 12.2. The van der Waals surface area contributed by atoms with Gasteiger partial charge in [-0.1, -0.05) is 34.1 Å². The summed E-state index contributed by atoms with van der Waals surface area (Å²) in [4.78, 5) is 26.0. The number of nitrogens with one attached hydrogen (secondary N) is 1. The quantitative estimate of drug-likeness (QED) is 0.732. The van der Waals surface area contributed by atoms with Gasteiger partial charge in [0.25, 0.3) is 0 Å². The van der Waals surface area contributed by atoms with Crippen molar-refractivity contribution in [3.05, 3.63) is 74.5 Å². The third-order valence-electron chi connectivity index (χ3n) is 3.43. The number of ether oxygens (including phenoxy) is 1. The zero-order chi connectivity index (χ0) is 16.4. The third-order valence-corrected chi connectivity index (χ3v) is 4.21. The fraction of sp³-hybridized carbons (Fsp3) is 0.0588. The number of halogens is 1. The molecule has 2 aromatic carbocycles. The largest absolute Gasteiger partial charge is 0.489 e. The Morgan fingerprint density at radius 2 is 2.00 bits per heavy atom. The lowest BCUT2D eigenvalue weighted by atomic mass is 10.1. The van der Waals surface area contributed by atoms with Crippen molar-refractivity contribution in [3.8, 4) is 5.75 Å². The Labute approximate surface area is 139 Å². The Kier molecular flexibility index (Phi) is 4.16. The molecule has 0 aliphatic rings. The van der Waals surface area contributed by atoms with Gasteiger partial charge in [0.05, 0.1) is 5.39 Å². The summed E-state index contributed by atoms with van der Waals surface area (Å²) in [5, 5.41) is 9.31. The molecule has 0 unspecified atom stereocenters. The number of rotatable bonds is 4. The van der Waals surface area contributed by atoms with Crippen LogP contribution in [0.5, 0.6) is 5.75 Å². The maximum atomic E-state index is 12.2. The van der Waals surface area contributed by atoms with Gasteiger partial charge in [0.1, 0.15) is 17.9 Å². The van der Waals surface area contributed by atoms with Gasteiger partial charge in [-0.3, -0.25) is 4.79 Å². The molecule has 0 saturated heterocycles. The highest BCUT2D eigenvalue weighted by Gasteiger charge is 2.12. The van der Waals surface area contributed by atoms with Crippen molar-refractivity contribution in [1.82, 2.24) is 4.98 Å². The zero-order valence-electron chi connectivity index (χ0n) is 11.9. The van der Waals surface area contributed by atoms with Crippen LogP contribution in [0.15, 0.2) is 57.9 Å². The molecule has 0 radical (unpaired) electrons. The number of benzene rings is 2. The minimum Gasteiger partial charge on any atom is -0.489 e. The van der Waals surface area contributed by atoms with E-state index in [1.54, 1.807) is 18.2 Å². The van der Waals surface area contributed by atoms with Gasteiger partial charge < -0.3 is 14.8 Å². The topological polar surface area (TPSA) is 79.4 Å². The van der Waals surface area contributed by atoms with Crippen LogP contribution in [0.4, 0.5) is 0 Å². The van der Waals surface area contributed by atoms with Crippen LogP contribution in [0, 0.1) is 0 Å². The fourth-order valence-corrected chi connectivity index (χ4v) is 2.62. The lowest BCUT2D eigenvalue weighted by Gasteiger charge is -2.09. The molecule has 1 aromatic heterocycles. The van der Waals surface area contributed by atoms with Crippen molar-refractivity contribution in [2.75, 3.05) is 0 Å². The number of aromatic nitrogens is 1. The SMILES string of the molecule is O=C(O)c1c[nH]c2ccc(OCc3ccccc3Br)cc2c1=O. The molecule has 0 fully saturated rings. The van der Waals surface area contributed by atoms with E-state index in [1.807, 2.05) is 24.3 Å². The van der Waals surface area contributed by atoms with E-state index in [2.05, 4.69) is 20.9 Å². The van der Waals surface area contributed by atoms with Crippen LogP contribution in [-0.4, -0.2) is 16.1 Å². The molecule has 0 saturated carbocycles. The smallest absolute Gasteiger partial charge is 0.341 e. The Morgan fingerprint density at radius 1 is 1.22 bits per heavy atom. The Hall–Kier alpha value is -2.60. The monoisotopic (exact) mass is 373 g/mol. The van der Waals surface area contributed by atoms with E-state index in [0.29, 0.717) is 17.9 Å². The molecule has 1 heterocycles. The highest BCUT2D eigenvalue weighted by atomic mass is 79.9. The molecular formula is C17H12BrNO4. The molecule has 0 aliphatic carbocycles. The number of H-pyrrole nitrogens is 1. The van der Waals surface area contributed by atoms with Gasteiger partial charge in [0.2, 0.25) is 5.43 Å². The average molecular weight is 374 g/mol. The number of aromatic amines is 1. The Morgan fingerprint density at radius 3 is 2.74 bits per heavy atom. The first kappa shape index (κ1) is 15.3. The zero-order valence-corrected chi connectivity index (χ0v) is 13.5. The van der Waals surface area contributed by atoms with E-state index in [-0.39, 0.29) is 10.9 Å². The molecule has 6 heteroatoms. The summed E-state index contributed by atoms with van der Waals surface area (Å²) >= 11 is 3.45. The summed E-state index contributed by atoms with van der Waals surface area (Å²) in [6.45, 7) is 0.337. The van der Waals surface area contributed by atoms with E-state index in [0.717, 1.165) is 10.0 Å². The van der Waals surface area contributed by atoms with Crippen molar-refractivity contribution in [1.29, 1.82) is 0 Å². The first-order valence-electron chi connectivity index (χ1n) is 6.81. The molecule has 23 heavy (non-hydrogen) atoms. The minimum absolute atomic E-state index is 0.287. The molecule has 3 rings (SSSR count). The van der Waals surface area contributed by atoms with Crippen molar-refractivity contribution in [2.45, 2.75) is 6.61 Å². The van der Waals surface area contributed by atoms with Crippen LogP contribution in [0.1, 0.15) is 15.9 Å². The van der Waals surface area contributed by atoms with Crippen LogP contribution in [0.2, 0.25) is 0 Å². The van der Waals surface area contributed by atoms with Crippen LogP contribution < -0.4 is 10.2 Å². The van der Waals surface area contributed by atoms with Gasteiger partial charge in [-0.25, -0.2) is 4.79 Å². The number of hydrogen-bond donors (Lipinski definition) is 2. The molecule has 5 nitrogen and oxygen atoms in total. The second kappa shape index (κ2) is 6.26. The Balaban J connectivity index is 1.93. The summed E-state index contributed by atoms with van der Waals surface area (Å²) in [5.41, 5.74) is 0.715. The maximum Gasteiger partial charge on any atom is 0.341 e. The van der Waals surface area contributed by atoms with Crippen molar-refractivity contribution >= 4 is 32.8 Å². The molecule has 0 atom stereocenters. The van der Waals surface area contributed by atoms with E-state index in [9.17, 15) is 9.59 Å². The molecular weight excluding hydrogens is 362 g/mol. The number of carboxylic acids is 1. The van der Waals surface area contributed by atoms with E-state index in [1.165, 1.54) is 6.20 Å².